The Hall–Kier alpha value is -3.93. The maximum Gasteiger partial charge on any atom is 0.306 e. The molecule has 0 aliphatic rings. The molecule has 0 aromatic heterocycles. The van der Waals surface area contributed by atoms with E-state index in [1.54, 1.807) is 0 Å². The van der Waals surface area contributed by atoms with Gasteiger partial charge in [-0.15, -0.1) is 0 Å². The highest BCUT2D eigenvalue weighted by Crippen LogP contribution is 2.15. The van der Waals surface area contributed by atoms with Crippen molar-refractivity contribution >= 4 is 17.9 Å². The van der Waals surface area contributed by atoms with Crippen molar-refractivity contribution in [2.24, 2.45) is 0 Å². The minimum atomic E-state index is -0.791. The lowest BCUT2D eigenvalue weighted by Crippen LogP contribution is -2.30. The predicted molar refractivity (Wildman–Crippen MR) is 311 cm³/mol. The van der Waals surface area contributed by atoms with E-state index in [1.165, 1.54) is 89.9 Å². The van der Waals surface area contributed by atoms with E-state index in [1.807, 2.05) is 0 Å². The van der Waals surface area contributed by atoms with Crippen LogP contribution in [0.5, 0.6) is 0 Å². The third-order valence-corrected chi connectivity index (χ3v) is 12.5. The van der Waals surface area contributed by atoms with Crippen LogP contribution in [0.2, 0.25) is 0 Å². The van der Waals surface area contributed by atoms with Crippen molar-refractivity contribution in [2.45, 2.75) is 277 Å². The Bertz CT molecular complexity index is 1470. The number of esters is 3. The predicted octanol–water partition coefficient (Wildman–Crippen LogP) is 20.3. The van der Waals surface area contributed by atoms with Crippen LogP contribution >= 0.6 is 0 Å². The zero-order valence-corrected chi connectivity index (χ0v) is 46.9. The van der Waals surface area contributed by atoms with Gasteiger partial charge in [0.25, 0.3) is 0 Å². The molecule has 0 radical (unpaired) electrons. The highest BCUT2D eigenvalue weighted by molar-refractivity contribution is 5.71. The first-order chi connectivity index (χ1) is 35.5. The average molecular weight is 1000 g/mol. The van der Waals surface area contributed by atoms with Gasteiger partial charge in [0.1, 0.15) is 13.2 Å². The zero-order chi connectivity index (χ0) is 52.2. The van der Waals surface area contributed by atoms with Crippen LogP contribution in [-0.2, 0) is 28.6 Å². The maximum atomic E-state index is 12.9. The normalized spacial score (nSPS) is 12.9. The Morgan fingerprint density at radius 3 is 0.861 bits per heavy atom. The summed E-state index contributed by atoms with van der Waals surface area (Å²) in [5, 5.41) is 0. The van der Waals surface area contributed by atoms with Crippen LogP contribution in [0.1, 0.15) is 271 Å². The zero-order valence-electron chi connectivity index (χ0n) is 46.9. The maximum absolute atomic E-state index is 12.9. The van der Waals surface area contributed by atoms with E-state index in [0.29, 0.717) is 19.3 Å². The summed E-state index contributed by atoms with van der Waals surface area (Å²) in [5.74, 6) is -0.913. The van der Waals surface area contributed by atoms with Crippen molar-refractivity contribution in [3.63, 3.8) is 0 Å². The van der Waals surface area contributed by atoms with Gasteiger partial charge in [-0.1, -0.05) is 246 Å². The Kier molecular flexibility index (Phi) is 56.4. The van der Waals surface area contributed by atoms with Gasteiger partial charge in [-0.05, 0) is 116 Å². The highest BCUT2D eigenvalue weighted by atomic mass is 16.6. The van der Waals surface area contributed by atoms with Gasteiger partial charge in [0.15, 0.2) is 6.10 Å². The Balaban J connectivity index is 4.29. The summed E-state index contributed by atoms with van der Waals surface area (Å²) in [6.07, 6.45) is 80.9. The molecule has 0 saturated heterocycles. The number of hydrogen-bond donors (Lipinski definition) is 0. The summed E-state index contributed by atoms with van der Waals surface area (Å²) >= 11 is 0. The first-order valence-corrected chi connectivity index (χ1v) is 29.9. The lowest BCUT2D eigenvalue weighted by atomic mass is 10.0. The molecule has 0 saturated carbocycles. The third kappa shape index (κ3) is 57.0. The fourth-order valence-corrected chi connectivity index (χ4v) is 8.07. The molecule has 0 aliphatic heterocycles. The summed E-state index contributed by atoms with van der Waals surface area (Å²) in [5.41, 5.74) is 0. The largest absolute Gasteiger partial charge is 0.462 e. The summed E-state index contributed by atoms with van der Waals surface area (Å²) in [6, 6.07) is 0. The Morgan fingerprint density at radius 1 is 0.292 bits per heavy atom. The van der Waals surface area contributed by atoms with Crippen molar-refractivity contribution in [2.75, 3.05) is 13.2 Å². The van der Waals surface area contributed by atoms with Crippen LogP contribution in [0.3, 0.4) is 0 Å². The minimum Gasteiger partial charge on any atom is -0.462 e. The van der Waals surface area contributed by atoms with E-state index in [4.69, 9.17) is 14.2 Å². The molecule has 1 atom stereocenters. The molecule has 0 aliphatic carbocycles. The molecule has 0 aromatic carbocycles. The van der Waals surface area contributed by atoms with Crippen molar-refractivity contribution in [1.82, 2.24) is 0 Å². The molecule has 0 bridgehead atoms. The van der Waals surface area contributed by atoms with Crippen LogP contribution in [0.4, 0.5) is 0 Å². The summed E-state index contributed by atoms with van der Waals surface area (Å²) in [7, 11) is 0. The van der Waals surface area contributed by atoms with Gasteiger partial charge < -0.3 is 14.2 Å². The SMILES string of the molecule is CC/C=C\C/C=C\C/C=C\C/C=C\CCCCCCCCCCCCCCC(=O)OCC(COC(=O)CCCCCCC/C=C\CCC)OC(=O)CCCCCCCC/C=C\C/C=C\C/C=C\C/C=C\CC. The van der Waals surface area contributed by atoms with Crippen molar-refractivity contribution in [1.29, 1.82) is 0 Å². The van der Waals surface area contributed by atoms with Gasteiger partial charge in [-0.3, -0.25) is 14.4 Å². The molecule has 6 nitrogen and oxygen atoms in total. The Labute approximate surface area is 444 Å². The minimum absolute atomic E-state index is 0.0882. The van der Waals surface area contributed by atoms with Gasteiger partial charge in [0.05, 0.1) is 0 Å². The van der Waals surface area contributed by atoms with Crippen LogP contribution in [0, 0.1) is 0 Å². The van der Waals surface area contributed by atoms with Gasteiger partial charge in [0, 0.05) is 19.3 Å². The molecule has 0 amide bonds. The second kappa shape index (κ2) is 59.6. The van der Waals surface area contributed by atoms with Gasteiger partial charge in [-0.2, -0.15) is 0 Å². The number of carbonyl (C=O) groups excluding carboxylic acids is 3. The lowest BCUT2D eigenvalue weighted by Gasteiger charge is -2.18. The molecular formula is C66H110O6. The van der Waals surface area contributed by atoms with E-state index in [-0.39, 0.29) is 31.1 Å². The second-order valence-electron chi connectivity index (χ2n) is 19.5. The number of hydrogen-bond acceptors (Lipinski definition) is 6. The van der Waals surface area contributed by atoms with E-state index in [2.05, 4.69) is 130 Å². The smallest absolute Gasteiger partial charge is 0.306 e. The van der Waals surface area contributed by atoms with Crippen LogP contribution in [0.15, 0.2) is 109 Å². The van der Waals surface area contributed by atoms with Crippen molar-refractivity contribution in [3.05, 3.63) is 109 Å². The molecule has 6 heteroatoms. The summed E-state index contributed by atoms with van der Waals surface area (Å²) < 4.78 is 16.8. The molecule has 410 valence electrons. The fraction of sp³-hybridized carbons (Fsp3) is 0.682. The van der Waals surface area contributed by atoms with Crippen LogP contribution in [0.25, 0.3) is 0 Å². The summed E-state index contributed by atoms with van der Waals surface area (Å²) in [6.45, 7) is 6.34. The van der Waals surface area contributed by atoms with Gasteiger partial charge in [-0.25, -0.2) is 0 Å². The third-order valence-electron chi connectivity index (χ3n) is 12.5. The number of allylic oxidation sites excluding steroid dienone is 18. The quantitative estimate of drug-likeness (QED) is 0.0261. The number of carbonyl (C=O) groups is 3. The lowest BCUT2D eigenvalue weighted by molar-refractivity contribution is -0.167. The van der Waals surface area contributed by atoms with E-state index in [0.717, 1.165) is 141 Å². The fourth-order valence-electron chi connectivity index (χ4n) is 8.07. The van der Waals surface area contributed by atoms with Crippen LogP contribution < -0.4 is 0 Å². The standard InChI is InChI=1S/C66H110O6/c1-4-7-10-13-16-19-22-24-26-28-30-31-32-33-34-35-37-38-40-42-44-47-50-53-56-59-65(68)71-62-63(61-70-64(67)58-55-52-49-46-21-18-15-12-9-6-3)72-66(69)60-57-54-51-48-45-43-41-39-36-29-27-25-23-20-17-14-11-8-5-2/h7-8,10-12,15-17,19-20,24-27,30-31,36,39,63H,4-6,9,13-14,18,21-23,28-29,32-35,37-38,40-62H2,1-3H3/b10-7-,11-8-,15-12-,19-16-,20-17-,26-24-,27-25-,31-30-,39-36-. The van der Waals surface area contributed by atoms with Gasteiger partial charge >= 0.3 is 17.9 Å². The van der Waals surface area contributed by atoms with E-state index in [9.17, 15) is 14.4 Å². The molecule has 0 fully saturated rings. The molecule has 72 heavy (non-hydrogen) atoms. The first kappa shape index (κ1) is 68.1. The molecule has 0 N–H and O–H groups in total. The first-order valence-electron chi connectivity index (χ1n) is 29.9. The van der Waals surface area contributed by atoms with Gasteiger partial charge in [0.2, 0.25) is 0 Å². The van der Waals surface area contributed by atoms with Crippen LogP contribution in [-0.4, -0.2) is 37.2 Å². The van der Waals surface area contributed by atoms with E-state index >= 15 is 0 Å². The topological polar surface area (TPSA) is 78.9 Å². The monoisotopic (exact) mass is 999 g/mol. The number of ether oxygens (including phenoxy) is 3. The molecule has 0 rings (SSSR count). The number of rotatable bonds is 53. The molecule has 0 spiro atoms. The second-order valence-corrected chi connectivity index (χ2v) is 19.5. The Morgan fingerprint density at radius 2 is 0.542 bits per heavy atom. The molecule has 0 heterocycles. The summed E-state index contributed by atoms with van der Waals surface area (Å²) in [4.78, 5) is 38.1. The van der Waals surface area contributed by atoms with Crippen molar-refractivity contribution < 1.29 is 28.6 Å². The molecular weight excluding hydrogens is 889 g/mol. The number of unbranched alkanes of at least 4 members (excludes halogenated alkanes) is 24. The molecule has 0 aromatic rings. The van der Waals surface area contributed by atoms with E-state index < -0.39 is 6.10 Å². The average Bonchev–Trinajstić information content (AvgIpc) is 3.38. The molecule has 1 unspecified atom stereocenters. The van der Waals surface area contributed by atoms with Crippen molar-refractivity contribution in [3.8, 4) is 0 Å². The highest BCUT2D eigenvalue weighted by Gasteiger charge is 2.19.